The highest BCUT2D eigenvalue weighted by Gasteiger charge is 2.43. The predicted octanol–water partition coefficient (Wildman–Crippen LogP) is 12.6. The maximum atomic E-state index is 2.63. The van der Waals surface area contributed by atoms with Crippen LogP contribution < -0.4 is 20.7 Å². The number of rotatable bonds is 8. The summed E-state index contributed by atoms with van der Waals surface area (Å²) >= 11 is 0. The van der Waals surface area contributed by atoms with Crippen LogP contribution in [0, 0.1) is 0 Å². The second-order valence-electron chi connectivity index (χ2n) is 16.4. The van der Waals surface area contributed by atoms with E-state index in [1.165, 1.54) is 86.6 Å². The fraction of sp³-hybridized carbons (Fsp3) is 0. The molecule has 0 bridgehead atoms. The molecule has 0 unspecified atom stereocenters. The molecule has 2 nitrogen and oxygen atoms in total. The second-order valence-corrected chi connectivity index (χ2v) is 20.2. The van der Waals surface area contributed by atoms with Gasteiger partial charge in [-0.3, -0.25) is 0 Å². The molecule has 0 N–H and O–H groups in total. The lowest BCUT2D eigenvalue weighted by Crippen LogP contribution is -2.75. The van der Waals surface area contributed by atoms with Gasteiger partial charge in [0.2, 0.25) is 0 Å². The molecule has 12 aromatic rings. The third kappa shape index (κ3) is 5.78. The molecule has 0 aliphatic rings. The molecule has 0 aliphatic heterocycles. The number of benzene rings is 10. The molecule has 0 fully saturated rings. The Morgan fingerprint density at radius 2 is 0.730 bits per heavy atom. The molecule has 0 aliphatic carbocycles. The minimum atomic E-state index is -3.03. The molecule has 10 aromatic carbocycles. The molecule has 3 heteroatoms. The van der Waals surface area contributed by atoms with Crippen LogP contribution in [0.4, 0.5) is 0 Å². The van der Waals surface area contributed by atoms with E-state index in [1.54, 1.807) is 0 Å². The monoisotopic (exact) mass is 818 g/mol. The lowest BCUT2D eigenvalue weighted by Gasteiger charge is -2.35. The smallest absolute Gasteiger partial charge is 0.181 e. The number of hydrogen-bond acceptors (Lipinski definition) is 0. The predicted molar refractivity (Wildman–Crippen MR) is 270 cm³/mol. The van der Waals surface area contributed by atoms with Gasteiger partial charge in [-0.15, -0.1) is 0 Å². The SMILES string of the molecule is c1ccc(-c2ccc3c4cccc([Si](c5ccccc5)(c5ccccc5)c5ccccc5)c4n(-c4cccc5c6ccccc6n(-c6ccccc6-c6ccccc6)c45)c3c2)cc1. The second kappa shape index (κ2) is 15.2. The zero-order valence-corrected chi connectivity index (χ0v) is 35.6. The van der Waals surface area contributed by atoms with Crippen molar-refractivity contribution in [2.24, 2.45) is 0 Å². The Labute approximate surface area is 368 Å². The minimum absolute atomic E-state index is 1.14. The zero-order valence-electron chi connectivity index (χ0n) is 34.6. The maximum absolute atomic E-state index is 3.03. The zero-order chi connectivity index (χ0) is 41.7. The van der Waals surface area contributed by atoms with E-state index in [9.17, 15) is 0 Å². The highest BCUT2D eigenvalue weighted by atomic mass is 28.3. The van der Waals surface area contributed by atoms with Crippen molar-refractivity contribution in [3.05, 3.63) is 255 Å². The van der Waals surface area contributed by atoms with Crippen molar-refractivity contribution in [2.45, 2.75) is 0 Å². The van der Waals surface area contributed by atoms with Gasteiger partial charge >= 0.3 is 0 Å². The fourth-order valence-corrected chi connectivity index (χ4v) is 15.4. The Bertz CT molecular complexity index is 3500. The van der Waals surface area contributed by atoms with Gasteiger partial charge in [-0.25, -0.2) is 0 Å². The molecule has 0 amide bonds. The van der Waals surface area contributed by atoms with Crippen LogP contribution >= 0.6 is 0 Å². The van der Waals surface area contributed by atoms with Gasteiger partial charge in [0.1, 0.15) is 0 Å². The van der Waals surface area contributed by atoms with E-state index in [0.717, 1.165) is 11.4 Å². The number of fused-ring (bicyclic) bond motifs is 6. The van der Waals surface area contributed by atoms with Crippen LogP contribution in [-0.4, -0.2) is 17.2 Å². The minimum Gasteiger partial charge on any atom is -0.307 e. The van der Waals surface area contributed by atoms with Gasteiger partial charge < -0.3 is 9.13 Å². The molecule has 0 saturated heterocycles. The van der Waals surface area contributed by atoms with Crippen LogP contribution in [0.2, 0.25) is 0 Å². The Morgan fingerprint density at radius 1 is 0.270 bits per heavy atom. The lowest BCUT2D eigenvalue weighted by molar-refractivity contribution is 1.13. The highest BCUT2D eigenvalue weighted by Crippen LogP contribution is 2.42. The Balaban J connectivity index is 1.30. The van der Waals surface area contributed by atoms with Gasteiger partial charge in [0.15, 0.2) is 8.07 Å². The molecule has 63 heavy (non-hydrogen) atoms. The van der Waals surface area contributed by atoms with Crippen molar-refractivity contribution < 1.29 is 0 Å². The molecule has 2 aromatic heterocycles. The normalized spacial score (nSPS) is 11.8. The lowest BCUT2D eigenvalue weighted by atomic mass is 10.0. The summed E-state index contributed by atoms with van der Waals surface area (Å²) in [5.41, 5.74) is 11.8. The highest BCUT2D eigenvalue weighted by molar-refractivity contribution is 7.20. The molecule has 12 rings (SSSR count). The molecule has 0 spiro atoms. The van der Waals surface area contributed by atoms with E-state index in [-0.39, 0.29) is 0 Å². The van der Waals surface area contributed by atoms with E-state index >= 15 is 0 Å². The fourth-order valence-electron chi connectivity index (χ4n) is 10.4. The summed E-state index contributed by atoms with van der Waals surface area (Å²) in [6.07, 6.45) is 0. The third-order valence-electron chi connectivity index (χ3n) is 13.1. The van der Waals surface area contributed by atoms with Gasteiger partial charge in [-0.2, -0.15) is 0 Å². The van der Waals surface area contributed by atoms with Crippen molar-refractivity contribution in [3.63, 3.8) is 0 Å². The van der Waals surface area contributed by atoms with Crippen molar-refractivity contribution in [1.29, 1.82) is 0 Å². The standard InChI is InChI=1S/C60H42N2Si/c1-6-22-43(23-7-1)45-40-41-51-53-35-21-39-58(63(46-26-10-3-11-27-46,47-28-12-4-13-29-47)48-30-14-5-15-31-48)60(53)62(57(51)42-45)56-38-20-34-52-50-33-17-19-37-55(50)61(59(52)56)54-36-18-16-32-49(54)44-24-8-2-9-25-44/h1-42H. The summed E-state index contributed by atoms with van der Waals surface area (Å²) in [4.78, 5) is 0. The molecule has 0 saturated carbocycles. The first-order chi connectivity index (χ1) is 31.3. The number of hydrogen-bond donors (Lipinski definition) is 0. The molecule has 0 radical (unpaired) electrons. The Morgan fingerprint density at radius 3 is 1.38 bits per heavy atom. The van der Waals surface area contributed by atoms with Gasteiger partial charge in [-0.1, -0.05) is 231 Å². The molecular weight excluding hydrogens is 777 g/mol. The number of para-hydroxylation sites is 4. The summed E-state index contributed by atoms with van der Waals surface area (Å²) < 4.78 is 5.16. The Hall–Kier alpha value is -7.98. The maximum Gasteiger partial charge on any atom is 0.181 e. The quantitative estimate of drug-likeness (QED) is 0.107. The van der Waals surface area contributed by atoms with Gasteiger partial charge in [-0.05, 0) is 61.7 Å². The summed E-state index contributed by atoms with van der Waals surface area (Å²) in [6.45, 7) is 0. The summed E-state index contributed by atoms with van der Waals surface area (Å²) in [5.74, 6) is 0. The van der Waals surface area contributed by atoms with Crippen molar-refractivity contribution >= 4 is 72.4 Å². The van der Waals surface area contributed by atoms with Gasteiger partial charge in [0.25, 0.3) is 0 Å². The van der Waals surface area contributed by atoms with Crippen LogP contribution in [0.1, 0.15) is 0 Å². The molecule has 2 heterocycles. The van der Waals surface area contributed by atoms with E-state index < -0.39 is 8.07 Å². The van der Waals surface area contributed by atoms with Gasteiger partial charge in [0, 0.05) is 27.1 Å². The first kappa shape index (κ1) is 36.8. The van der Waals surface area contributed by atoms with Crippen LogP contribution in [0.15, 0.2) is 255 Å². The van der Waals surface area contributed by atoms with Crippen LogP contribution in [-0.2, 0) is 0 Å². The molecular formula is C60H42N2Si. The first-order valence-corrected chi connectivity index (χ1v) is 23.8. The topological polar surface area (TPSA) is 9.86 Å². The first-order valence-electron chi connectivity index (χ1n) is 21.8. The van der Waals surface area contributed by atoms with E-state index in [0.29, 0.717) is 0 Å². The average Bonchev–Trinajstić information content (AvgIpc) is 3.89. The van der Waals surface area contributed by atoms with Crippen molar-refractivity contribution in [3.8, 4) is 33.6 Å². The summed E-state index contributed by atoms with van der Waals surface area (Å²) in [7, 11) is -3.03. The number of nitrogens with zero attached hydrogens (tertiary/aromatic N) is 2. The summed E-state index contributed by atoms with van der Waals surface area (Å²) in [5, 5.41) is 10.3. The average molecular weight is 819 g/mol. The van der Waals surface area contributed by atoms with Crippen LogP contribution in [0.3, 0.4) is 0 Å². The molecule has 296 valence electrons. The van der Waals surface area contributed by atoms with Crippen LogP contribution in [0.25, 0.3) is 77.2 Å². The Kier molecular flexibility index (Phi) is 8.87. The van der Waals surface area contributed by atoms with Gasteiger partial charge in [0.05, 0.1) is 33.4 Å². The largest absolute Gasteiger partial charge is 0.307 e. The van der Waals surface area contributed by atoms with Crippen molar-refractivity contribution in [1.82, 2.24) is 9.13 Å². The van der Waals surface area contributed by atoms with Crippen LogP contribution in [0.5, 0.6) is 0 Å². The molecule has 0 atom stereocenters. The van der Waals surface area contributed by atoms with E-state index in [2.05, 4.69) is 264 Å². The van der Waals surface area contributed by atoms with Crippen molar-refractivity contribution in [2.75, 3.05) is 0 Å². The third-order valence-corrected chi connectivity index (χ3v) is 17.9. The summed E-state index contributed by atoms with van der Waals surface area (Å²) in [6, 6.07) is 94.4. The van der Waals surface area contributed by atoms with E-state index in [1.807, 2.05) is 0 Å². The number of aromatic nitrogens is 2. The van der Waals surface area contributed by atoms with E-state index in [4.69, 9.17) is 0 Å².